The minimum Gasteiger partial charge on any atom is -0.486 e. The minimum atomic E-state index is 0.639. The second kappa shape index (κ2) is 5.89. The molecule has 1 aromatic rings. The van der Waals surface area contributed by atoms with Crippen molar-refractivity contribution < 1.29 is 9.47 Å². The van der Waals surface area contributed by atoms with Gasteiger partial charge in [0.25, 0.3) is 0 Å². The number of piperazine rings is 1. The molecule has 5 nitrogen and oxygen atoms in total. The van der Waals surface area contributed by atoms with E-state index in [-0.39, 0.29) is 0 Å². The van der Waals surface area contributed by atoms with Crippen molar-refractivity contribution in [3.05, 3.63) is 17.7 Å². The van der Waals surface area contributed by atoms with E-state index in [9.17, 15) is 0 Å². The molecule has 20 heavy (non-hydrogen) atoms. The fraction of sp³-hybridized carbons (Fsp3) is 0.600. The molecule has 0 radical (unpaired) electrons. The van der Waals surface area contributed by atoms with Crippen LogP contribution in [-0.2, 0) is 0 Å². The van der Waals surface area contributed by atoms with Crippen LogP contribution in [-0.4, -0.2) is 57.4 Å². The number of hydrogen-bond acceptors (Lipinski definition) is 5. The van der Waals surface area contributed by atoms with Crippen LogP contribution in [0.4, 0.5) is 5.69 Å². The molecule has 0 atom stereocenters. The highest BCUT2D eigenvalue weighted by Crippen LogP contribution is 2.37. The maximum Gasteiger partial charge on any atom is 0.163 e. The Morgan fingerprint density at radius 2 is 1.70 bits per heavy atom. The van der Waals surface area contributed by atoms with Gasteiger partial charge in [-0.25, -0.2) is 0 Å². The molecule has 0 spiro atoms. The number of fused-ring (bicyclic) bond motifs is 1. The van der Waals surface area contributed by atoms with Gasteiger partial charge in [0.1, 0.15) is 13.2 Å². The van der Waals surface area contributed by atoms with Gasteiger partial charge in [0.2, 0.25) is 0 Å². The highest BCUT2D eigenvalue weighted by molar-refractivity contribution is 5.62. The highest BCUT2D eigenvalue weighted by Gasteiger charge is 2.21. The van der Waals surface area contributed by atoms with Crippen molar-refractivity contribution in [2.75, 3.05) is 57.4 Å². The molecule has 2 N–H and O–H groups in total. The maximum absolute atomic E-state index is 5.69. The SMILES string of the molecule is Cc1cc2c(cc1N1CCN(CCN)CC1)OCCO2. The van der Waals surface area contributed by atoms with Crippen molar-refractivity contribution in [2.24, 2.45) is 5.73 Å². The second-order valence-corrected chi connectivity index (χ2v) is 5.40. The number of ether oxygens (including phenoxy) is 2. The standard InChI is InChI=1S/C15H23N3O2/c1-12-10-14-15(20-9-8-19-14)11-13(12)18-6-4-17(3-2-16)5-7-18/h10-11H,2-9,16H2,1H3. The first-order valence-electron chi connectivity index (χ1n) is 7.35. The highest BCUT2D eigenvalue weighted by atomic mass is 16.6. The lowest BCUT2D eigenvalue weighted by atomic mass is 10.1. The molecular weight excluding hydrogens is 254 g/mol. The summed E-state index contributed by atoms with van der Waals surface area (Å²) in [6.45, 7) is 9.39. The smallest absolute Gasteiger partial charge is 0.163 e. The lowest BCUT2D eigenvalue weighted by Gasteiger charge is -2.37. The van der Waals surface area contributed by atoms with Gasteiger partial charge in [0.05, 0.1) is 0 Å². The summed E-state index contributed by atoms with van der Waals surface area (Å²) >= 11 is 0. The summed E-state index contributed by atoms with van der Waals surface area (Å²) in [5, 5.41) is 0. The third-order valence-electron chi connectivity index (χ3n) is 4.02. The first kappa shape index (κ1) is 13.5. The van der Waals surface area contributed by atoms with E-state index in [1.165, 1.54) is 11.3 Å². The van der Waals surface area contributed by atoms with Gasteiger partial charge in [-0.2, -0.15) is 0 Å². The molecule has 2 heterocycles. The van der Waals surface area contributed by atoms with Crippen molar-refractivity contribution in [1.82, 2.24) is 4.90 Å². The number of hydrogen-bond donors (Lipinski definition) is 1. The van der Waals surface area contributed by atoms with Gasteiger partial charge in [-0.3, -0.25) is 4.90 Å². The van der Waals surface area contributed by atoms with Crippen molar-refractivity contribution in [1.29, 1.82) is 0 Å². The topological polar surface area (TPSA) is 51.0 Å². The molecule has 2 aliphatic heterocycles. The number of nitrogens with zero attached hydrogens (tertiary/aromatic N) is 2. The van der Waals surface area contributed by atoms with E-state index in [0.29, 0.717) is 13.2 Å². The van der Waals surface area contributed by atoms with Gasteiger partial charge in [-0.1, -0.05) is 0 Å². The summed E-state index contributed by atoms with van der Waals surface area (Å²) in [5.41, 5.74) is 8.14. The van der Waals surface area contributed by atoms with Gasteiger partial charge in [0, 0.05) is 51.0 Å². The van der Waals surface area contributed by atoms with Crippen LogP contribution < -0.4 is 20.1 Å². The van der Waals surface area contributed by atoms with Crippen LogP contribution in [0.15, 0.2) is 12.1 Å². The quantitative estimate of drug-likeness (QED) is 0.887. The Labute approximate surface area is 120 Å². The molecule has 0 aliphatic carbocycles. The predicted octanol–water partition coefficient (Wildman–Crippen LogP) is 0.847. The van der Waals surface area contributed by atoms with E-state index >= 15 is 0 Å². The summed E-state index contributed by atoms with van der Waals surface area (Å²) in [6.07, 6.45) is 0. The normalized spacial score (nSPS) is 19.2. The zero-order valence-corrected chi connectivity index (χ0v) is 12.1. The van der Waals surface area contributed by atoms with Crippen molar-refractivity contribution in [3.8, 4) is 11.5 Å². The summed E-state index contributed by atoms with van der Waals surface area (Å²) < 4.78 is 11.3. The Morgan fingerprint density at radius 3 is 2.35 bits per heavy atom. The van der Waals surface area contributed by atoms with Gasteiger partial charge in [0.15, 0.2) is 11.5 Å². The molecule has 110 valence electrons. The van der Waals surface area contributed by atoms with E-state index < -0.39 is 0 Å². The van der Waals surface area contributed by atoms with Crippen LogP contribution in [0.2, 0.25) is 0 Å². The number of benzene rings is 1. The van der Waals surface area contributed by atoms with Crippen LogP contribution in [0.3, 0.4) is 0 Å². The Hall–Kier alpha value is -1.46. The third-order valence-corrected chi connectivity index (χ3v) is 4.02. The second-order valence-electron chi connectivity index (χ2n) is 5.40. The number of rotatable bonds is 3. The minimum absolute atomic E-state index is 0.639. The number of anilines is 1. The summed E-state index contributed by atoms with van der Waals surface area (Å²) in [5.74, 6) is 1.75. The van der Waals surface area contributed by atoms with Gasteiger partial charge in [-0.15, -0.1) is 0 Å². The Bertz CT molecular complexity index is 470. The maximum atomic E-state index is 5.69. The Morgan fingerprint density at radius 1 is 1.05 bits per heavy atom. The molecule has 2 aliphatic rings. The summed E-state index contributed by atoms with van der Waals surface area (Å²) in [6, 6.07) is 4.22. The molecule has 0 aromatic heterocycles. The average Bonchev–Trinajstić information content (AvgIpc) is 2.48. The summed E-state index contributed by atoms with van der Waals surface area (Å²) in [4.78, 5) is 4.85. The fourth-order valence-corrected chi connectivity index (χ4v) is 2.92. The van der Waals surface area contributed by atoms with Gasteiger partial charge >= 0.3 is 0 Å². The van der Waals surface area contributed by atoms with Crippen LogP contribution >= 0.6 is 0 Å². The van der Waals surface area contributed by atoms with Crippen molar-refractivity contribution in [2.45, 2.75) is 6.92 Å². The number of nitrogens with two attached hydrogens (primary N) is 1. The molecule has 1 aromatic carbocycles. The van der Waals surface area contributed by atoms with Gasteiger partial charge in [-0.05, 0) is 18.6 Å². The van der Waals surface area contributed by atoms with Crippen LogP contribution in [0.25, 0.3) is 0 Å². The molecule has 5 heteroatoms. The molecule has 1 saturated heterocycles. The third kappa shape index (κ3) is 2.69. The van der Waals surface area contributed by atoms with Crippen LogP contribution in [0, 0.1) is 6.92 Å². The first-order valence-corrected chi connectivity index (χ1v) is 7.35. The molecule has 3 rings (SSSR count). The van der Waals surface area contributed by atoms with Crippen LogP contribution in [0.5, 0.6) is 11.5 Å². The first-order chi connectivity index (χ1) is 9.78. The zero-order valence-electron chi connectivity index (χ0n) is 12.1. The molecule has 1 fully saturated rings. The molecular formula is C15H23N3O2. The van der Waals surface area contributed by atoms with Crippen LogP contribution in [0.1, 0.15) is 5.56 Å². The Kier molecular flexibility index (Phi) is 3.98. The molecule has 0 unspecified atom stereocenters. The van der Waals surface area contributed by atoms with E-state index in [0.717, 1.165) is 50.8 Å². The lowest BCUT2D eigenvalue weighted by Crippen LogP contribution is -2.48. The largest absolute Gasteiger partial charge is 0.486 e. The fourth-order valence-electron chi connectivity index (χ4n) is 2.92. The predicted molar refractivity (Wildman–Crippen MR) is 79.9 cm³/mol. The number of aryl methyl sites for hydroxylation is 1. The van der Waals surface area contributed by atoms with Crippen molar-refractivity contribution >= 4 is 5.69 Å². The molecule has 0 amide bonds. The Balaban J connectivity index is 1.74. The van der Waals surface area contributed by atoms with E-state index in [1.54, 1.807) is 0 Å². The lowest BCUT2D eigenvalue weighted by molar-refractivity contribution is 0.171. The van der Waals surface area contributed by atoms with Crippen molar-refractivity contribution in [3.63, 3.8) is 0 Å². The van der Waals surface area contributed by atoms with E-state index in [4.69, 9.17) is 15.2 Å². The molecule has 0 bridgehead atoms. The average molecular weight is 277 g/mol. The zero-order chi connectivity index (χ0) is 13.9. The van der Waals surface area contributed by atoms with E-state index in [1.807, 2.05) is 0 Å². The monoisotopic (exact) mass is 277 g/mol. The van der Waals surface area contributed by atoms with Gasteiger partial charge < -0.3 is 20.1 Å². The molecule has 0 saturated carbocycles. The summed E-state index contributed by atoms with van der Waals surface area (Å²) in [7, 11) is 0. The van der Waals surface area contributed by atoms with E-state index in [2.05, 4.69) is 28.9 Å².